The molecule has 0 spiro atoms. The number of carbonyl (C=O) groups excluding carboxylic acids is 1. The Labute approximate surface area is 76.1 Å². The summed E-state index contributed by atoms with van der Waals surface area (Å²) in [7, 11) is -1.32. The Hall–Kier alpha value is 0.660. The molecule has 0 bridgehead atoms. The summed E-state index contributed by atoms with van der Waals surface area (Å²) >= 11 is 0. The fourth-order valence-corrected chi connectivity index (χ4v) is 0.477. The van der Waals surface area contributed by atoms with Crippen LogP contribution in [-0.2, 0) is 18.4 Å². The zero-order chi connectivity index (χ0) is 6.57. The van der Waals surface area contributed by atoms with Crippen LogP contribution in [0.15, 0.2) is 0 Å². The zero-order valence-electron chi connectivity index (χ0n) is 5.63. The minimum absolute atomic E-state index is 0. The monoisotopic (exact) mass is 161 g/mol. The Bertz CT molecular complexity index is 114. The van der Waals surface area contributed by atoms with Gasteiger partial charge in [-0.15, -0.1) is 0 Å². The van der Waals surface area contributed by atoms with E-state index in [2.05, 4.69) is 9.05 Å². The Balaban J connectivity index is 0. The quantitative estimate of drug-likeness (QED) is 0.429. The van der Waals surface area contributed by atoms with Crippen LogP contribution < -0.4 is 0 Å². The largest absolute Gasteiger partial charge is 0.394 e. The normalized spacial score (nSPS) is 11.3. The van der Waals surface area contributed by atoms with Crippen molar-refractivity contribution in [2.75, 3.05) is 7.11 Å². The molecule has 0 aromatic rings. The standard InChI is InChI=1S/C3H7O4P.Na/c1-3(4)7-8(5)6-2;/h8H,1-2H3;. The first-order valence-electron chi connectivity index (χ1n) is 1.93. The molecule has 0 aliphatic heterocycles. The van der Waals surface area contributed by atoms with Crippen molar-refractivity contribution in [3.63, 3.8) is 0 Å². The molecule has 9 heavy (non-hydrogen) atoms. The second-order valence-corrected chi connectivity index (χ2v) is 2.16. The number of hydrogen-bond donors (Lipinski definition) is 0. The molecule has 4 nitrogen and oxygen atoms in total. The summed E-state index contributed by atoms with van der Waals surface area (Å²) in [6.07, 6.45) is 0. The summed E-state index contributed by atoms with van der Waals surface area (Å²) in [5.41, 5.74) is 0. The summed E-state index contributed by atoms with van der Waals surface area (Å²) in [5.74, 6) is -0.587. The number of rotatable bonds is 2. The van der Waals surface area contributed by atoms with E-state index >= 15 is 0 Å². The average Bonchev–Trinajstić information content (AvgIpc) is 1.65. The van der Waals surface area contributed by atoms with Gasteiger partial charge in [0.25, 0.3) is 0 Å². The molecule has 1 radical (unpaired) electrons. The topological polar surface area (TPSA) is 52.6 Å². The van der Waals surface area contributed by atoms with Gasteiger partial charge in [0.1, 0.15) is 0 Å². The van der Waals surface area contributed by atoms with Gasteiger partial charge in [-0.05, 0) is 0 Å². The molecule has 0 saturated carbocycles. The molecule has 0 heterocycles. The van der Waals surface area contributed by atoms with E-state index in [1.165, 1.54) is 14.0 Å². The van der Waals surface area contributed by atoms with E-state index in [0.29, 0.717) is 0 Å². The van der Waals surface area contributed by atoms with Crippen LogP contribution in [0.2, 0.25) is 0 Å². The summed E-state index contributed by atoms with van der Waals surface area (Å²) < 4.78 is 18.4. The van der Waals surface area contributed by atoms with E-state index in [1.807, 2.05) is 0 Å². The van der Waals surface area contributed by atoms with Crippen LogP contribution in [0.1, 0.15) is 6.92 Å². The predicted octanol–water partition coefficient (Wildman–Crippen LogP) is 0.205. The van der Waals surface area contributed by atoms with Crippen molar-refractivity contribution in [2.45, 2.75) is 6.92 Å². The molecule has 0 aliphatic carbocycles. The third kappa shape index (κ3) is 8.66. The fourth-order valence-electron chi connectivity index (χ4n) is 0.159. The molecule has 0 rings (SSSR count). The molecule has 0 amide bonds. The van der Waals surface area contributed by atoms with Crippen LogP contribution in [-0.4, -0.2) is 42.6 Å². The Morgan fingerprint density at radius 1 is 1.56 bits per heavy atom. The molecule has 0 N–H and O–H groups in total. The van der Waals surface area contributed by atoms with Gasteiger partial charge in [0.15, 0.2) is 0 Å². The maximum absolute atomic E-state index is 10.1. The molecule has 0 aliphatic rings. The first-order valence-corrected chi connectivity index (χ1v) is 3.15. The Morgan fingerprint density at radius 2 is 2.00 bits per heavy atom. The van der Waals surface area contributed by atoms with E-state index in [1.54, 1.807) is 0 Å². The van der Waals surface area contributed by atoms with E-state index in [-0.39, 0.29) is 29.6 Å². The SMILES string of the molecule is CO[PH](=O)OC(C)=O.[Na]. The molecule has 6 heteroatoms. The third-order valence-electron chi connectivity index (χ3n) is 0.394. The van der Waals surface area contributed by atoms with E-state index < -0.39 is 14.2 Å². The maximum Gasteiger partial charge on any atom is 0.369 e. The summed E-state index contributed by atoms with van der Waals surface area (Å²) in [6.45, 7) is 1.17. The minimum Gasteiger partial charge on any atom is -0.394 e. The van der Waals surface area contributed by atoms with Crippen molar-refractivity contribution in [2.24, 2.45) is 0 Å². The summed E-state index contributed by atoms with van der Waals surface area (Å²) in [5, 5.41) is 0. The van der Waals surface area contributed by atoms with Crippen LogP contribution in [0.3, 0.4) is 0 Å². The van der Waals surface area contributed by atoms with E-state index in [0.717, 1.165) is 0 Å². The van der Waals surface area contributed by atoms with Crippen molar-refractivity contribution in [3.8, 4) is 0 Å². The molecule has 1 unspecified atom stereocenters. The summed E-state index contributed by atoms with van der Waals surface area (Å²) in [4.78, 5) is 9.94. The second-order valence-electron chi connectivity index (χ2n) is 1.05. The van der Waals surface area contributed by atoms with Gasteiger partial charge < -0.3 is 9.05 Å². The third-order valence-corrected chi connectivity index (χ3v) is 1.18. The van der Waals surface area contributed by atoms with Gasteiger partial charge in [-0.2, -0.15) is 0 Å². The van der Waals surface area contributed by atoms with Gasteiger partial charge in [-0.3, -0.25) is 4.79 Å². The summed E-state index contributed by atoms with van der Waals surface area (Å²) in [6, 6.07) is 0. The van der Waals surface area contributed by atoms with Gasteiger partial charge in [-0.1, -0.05) is 0 Å². The van der Waals surface area contributed by atoms with E-state index in [4.69, 9.17) is 0 Å². The van der Waals surface area contributed by atoms with Crippen LogP contribution in [0, 0.1) is 0 Å². The van der Waals surface area contributed by atoms with Crippen molar-refractivity contribution < 1.29 is 18.4 Å². The van der Waals surface area contributed by atoms with Crippen LogP contribution in [0.5, 0.6) is 0 Å². The molecule has 49 valence electrons. The van der Waals surface area contributed by atoms with Crippen molar-refractivity contribution in [1.29, 1.82) is 0 Å². The fraction of sp³-hybridized carbons (Fsp3) is 0.667. The number of hydrogen-bond acceptors (Lipinski definition) is 4. The first-order chi connectivity index (χ1) is 3.66. The van der Waals surface area contributed by atoms with Gasteiger partial charge in [0.2, 0.25) is 0 Å². The molecular formula is C3H7NaO4P. The van der Waals surface area contributed by atoms with Gasteiger partial charge in [-0.25, -0.2) is 4.57 Å². The number of carbonyl (C=O) groups is 1. The van der Waals surface area contributed by atoms with Gasteiger partial charge in [0, 0.05) is 43.6 Å². The van der Waals surface area contributed by atoms with E-state index in [9.17, 15) is 9.36 Å². The molecular weight excluding hydrogens is 154 g/mol. The molecule has 0 aromatic carbocycles. The van der Waals surface area contributed by atoms with Crippen molar-refractivity contribution >= 4 is 43.8 Å². The molecule has 0 saturated heterocycles. The van der Waals surface area contributed by atoms with Gasteiger partial charge >= 0.3 is 14.2 Å². The smallest absolute Gasteiger partial charge is 0.369 e. The Kier molecular flexibility index (Phi) is 9.30. The van der Waals surface area contributed by atoms with Gasteiger partial charge in [0.05, 0.1) is 0 Å². The van der Waals surface area contributed by atoms with Crippen molar-refractivity contribution in [3.05, 3.63) is 0 Å². The predicted molar refractivity (Wildman–Crippen MR) is 33.5 cm³/mol. The molecule has 0 fully saturated rings. The van der Waals surface area contributed by atoms with Crippen LogP contribution in [0.25, 0.3) is 0 Å². The Morgan fingerprint density at radius 3 is 2.11 bits per heavy atom. The average molecular weight is 161 g/mol. The molecule has 0 aromatic heterocycles. The molecule has 1 atom stereocenters. The first kappa shape index (κ1) is 12.3. The van der Waals surface area contributed by atoms with Crippen molar-refractivity contribution in [1.82, 2.24) is 0 Å². The zero-order valence-corrected chi connectivity index (χ0v) is 8.63. The second kappa shape index (κ2) is 6.78. The minimum atomic E-state index is -2.53. The van der Waals surface area contributed by atoms with Crippen LogP contribution in [0.4, 0.5) is 0 Å². The maximum atomic E-state index is 10.1. The van der Waals surface area contributed by atoms with Crippen LogP contribution >= 0.6 is 8.25 Å².